The van der Waals surface area contributed by atoms with Crippen LogP contribution in [0.4, 0.5) is 0 Å². The summed E-state index contributed by atoms with van der Waals surface area (Å²) in [7, 11) is 5.38. The van der Waals surface area contributed by atoms with Crippen LogP contribution in [0.5, 0.6) is 17.2 Å². The molecule has 1 fully saturated rings. The lowest BCUT2D eigenvalue weighted by Crippen LogP contribution is -2.60. The van der Waals surface area contributed by atoms with E-state index in [-0.39, 0.29) is 23.5 Å². The molecule has 6 nitrogen and oxygen atoms in total. The summed E-state index contributed by atoms with van der Waals surface area (Å²) in [5.74, 6) is 2.72. The van der Waals surface area contributed by atoms with Crippen LogP contribution in [-0.4, -0.2) is 50.8 Å². The minimum Gasteiger partial charge on any atom is -0.493 e. The van der Waals surface area contributed by atoms with Crippen molar-refractivity contribution in [1.29, 1.82) is 0 Å². The van der Waals surface area contributed by atoms with Crippen molar-refractivity contribution in [3.8, 4) is 17.2 Å². The van der Waals surface area contributed by atoms with Gasteiger partial charge in [-0.2, -0.15) is 0 Å². The van der Waals surface area contributed by atoms with Crippen LogP contribution in [0, 0.1) is 0 Å². The molecule has 5 rings (SSSR count). The molecule has 2 aliphatic heterocycles. The second kappa shape index (κ2) is 5.16. The minimum atomic E-state index is -0.319. The molecule has 0 radical (unpaired) electrons. The zero-order chi connectivity index (χ0) is 18.1. The SMILES string of the molecule is COC1=CC23CCN(C)C2(CCc2cc4c(c(OC)c23)OCO4)CC1=O. The fourth-order valence-corrected chi connectivity index (χ4v) is 5.68. The third-order valence-electron chi connectivity index (χ3n) is 6.89. The smallest absolute Gasteiger partial charge is 0.231 e. The van der Waals surface area contributed by atoms with Gasteiger partial charge in [0.25, 0.3) is 0 Å². The molecule has 138 valence electrons. The summed E-state index contributed by atoms with van der Waals surface area (Å²) in [6.07, 6.45) is 5.27. The largest absolute Gasteiger partial charge is 0.493 e. The molecule has 2 aliphatic carbocycles. The highest BCUT2D eigenvalue weighted by atomic mass is 16.7. The summed E-state index contributed by atoms with van der Waals surface area (Å²) < 4.78 is 22.7. The van der Waals surface area contributed by atoms with Gasteiger partial charge in [0.1, 0.15) is 0 Å². The summed E-state index contributed by atoms with van der Waals surface area (Å²) in [5, 5.41) is 0. The normalized spacial score (nSPS) is 31.8. The lowest BCUT2D eigenvalue weighted by Gasteiger charge is -2.53. The number of nitrogens with zero attached hydrogens (tertiary/aromatic N) is 1. The maximum absolute atomic E-state index is 12.7. The Balaban J connectivity index is 1.85. The van der Waals surface area contributed by atoms with Crippen LogP contribution in [-0.2, 0) is 21.4 Å². The Hall–Kier alpha value is -2.21. The number of hydrogen-bond acceptors (Lipinski definition) is 6. The van der Waals surface area contributed by atoms with E-state index >= 15 is 0 Å². The Morgan fingerprint density at radius 2 is 2.04 bits per heavy atom. The maximum atomic E-state index is 12.7. The number of Topliss-reactive ketones (excluding diaryl/α,β-unsaturated/α-hetero) is 1. The molecule has 4 aliphatic rings. The first-order valence-corrected chi connectivity index (χ1v) is 9.07. The number of methoxy groups -OCH3 is 2. The van der Waals surface area contributed by atoms with Crippen LogP contribution < -0.4 is 14.2 Å². The molecule has 6 heteroatoms. The number of carbonyl (C=O) groups is 1. The zero-order valence-corrected chi connectivity index (χ0v) is 15.4. The molecule has 2 unspecified atom stereocenters. The van der Waals surface area contributed by atoms with Gasteiger partial charge in [-0.25, -0.2) is 0 Å². The summed E-state index contributed by atoms with van der Waals surface area (Å²) in [6.45, 7) is 1.14. The molecular formula is C20H23NO5. The molecule has 0 N–H and O–H groups in total. The first-order valence-electron chi connectivity index (χ1n) is 9.07. The first-order chi connectivity index (χ1) is 12.6. The van der Waals surface area contributed by atoms with E-state index < -0.39 is 0 Å². The summed E-state index contributed by atoms with van der Waals surface area (Å²) in [5.41, 5.74) is 1.81. The molecule has 0 spiro atoms. The number of carbonyl (C=O) groups excluding carboxylic acids is 1. The van der Waals surface area contributed by atoms with E-state index in [1.807, 2.05) is 0 Å². The fourth-order valence-electron chi connectivity index (χ4n) is 5.68. The van der Waals surface area contributed by atoms with E-state index in [0.29, 0.717) is 17.9 Å². The highest BCUT2D eigenvalue weighted by Gasteiger charge is 2.64. The molecule has 1 saturated heterocycles. The second-order valence-electron chi connectivity index (χ2n) is 7.66. The van der Waals surface area contributed by atoms with Gasteiger partial charge < -0.3 is 18.9 Å². The molecule has 1 aromatic rings. The number of allylic oxidation sites excluding steroid dienone is 1. The summed E-state index contributed by atoms with van der Waals surface area (Å²) >= 11 is 0. The third-order valence-corrected chi connectivity index (χ3v) is 6.89. The van der Waals surface area contributed by atoms with Gasteiger partial charge in [0.15, 0.2) is 23.0 Å². The Bertz CT molecular complexity index is 847. The van der Waals surface area contributed by atoms with Gasteiger partial charge in [-0.05, 0) is 50.6 Å². The molecule has 0 amide bonds. The van der Waals surface area contributed by atoms with Crippen molar-refractivity contribution < 1.29 is 23.7 Å². The number of benzene rings is 1. The van der Waals surface area contributed by atoms with E-state index in [0.717, 1.165) is 42.9 Å². The van der Waals surface area contributed by atoms with Crippen molar-refractivity contribution in [3.63, 3.8) is 0 Å². The Labute approximate surface area is 152 Å². The Kier molecular flexibility index (Phi) is 3.18. The predicted octanol–water partition coefficient (Wildman–Crippen LogP) is 2.19. The van der Waals surface area contributed by atoms with Crippen molar-refractivity contribution >= 4 is 5.78 Å². The molecule has 0 saturated carbocycles. The van der Waals surface area contributed by atoms with Gasteiger partial charge in [-0.1, -0.05) is 0 Å². The molecule has 2 heterocycles. The zero-order valence-electron chi connectivity index (χ0n) is 15.4. The lowest BCUT2D eigenvalue weighted by atomic mass is 9.54. The van der Waals surface area contributed by atoms with Crippen LogP contribution in [0.2, 0.25) is 0 Å². The van der Waals surface area contributed by atoms with E-state index in [4.69, 9.17) is 18.9 Å². The number of rotatable bonds is 2. The number of hydrogen-bond donors (Lipinski definition) is 0. The number of fused-ring (bicyclic) bond motifs is 2. The van der Waals surface area contributed by atoms with Crippen LogP contribution in [0.3, 0.4) is 0 Å². The Morgan fingerprint density at radius 1 is 1.19 bits per heavy atom. The molecule has 2 atom stereocenters. The number of likely N-dealkylation sites (N-methyl/N-ethyl adjacent to an activating group) is 1. The second-order valence-corrected chi connectivity index (χ2v) is 7.66. The third kappa shape index (κ3) is 1.68. The van der Waals surface area contributed by atoms with Crippen molar-refractivity contribution in [1.82, 2.24) is 4.90 Å². The average Bonchev–Trinajstić information content (AvgIpc) is 3.22. The summed E-state index contributed by atoms with van der Waals surface area (Å²) in [6, 6.07) is 2.09. The average molecular weight is 357 g/mol. The van der Waals surface area contributed by atoms with Gasteiger partial charge >= 0.3 is 0 Å². The highest BCUT2D eigenvalue weighted by molar-refractivity contribution is 5.97. The maximum Gasteiger partial charge on any atom is 0.231 e. The number of ether oxygens (including phenoxy) is 4. The van der Waals surface area contributed by atoms with Crippen LogP contribution >= 0.6 is 0 Å². The lowest BCUT2D eigenvalue weighted by molar-refractivity contribution is -0.123. The quantitative estimate of drug-likeness (QED) is 0.809. The van der Waals surface area contributed by atoms with Crippen LogP contribution in [0.15, 0.2) is 17.9 Å². The van der Waals surface area contributed by atoms with Crippen LogP contribution in [0.25, 0.3) is 0 Å². The monoisotopic (exact) mass is 357 g/mol. The number of aryl methyl sites for hydroxylation is 1. The van der Waals surface area contributed by atoms with Crippen molar-refractivity contribution in [2.75, 3.05) is 34.6 Å². The summed E-state index contributed by atoms with van der Waals surface area (Å²) in [4.78, 5) is 15.1. The van der Waals surface area contributed by atoms with Crippen LogP contribution in [0.1, 0.15) is 30.4 Å². The highest BCUT2D eigenvalue weighted by Crippen LogP contribution is 2.63. The fraction of sp³-hybridized carbons (Fsp3) is 0.550. The number of ketones is 1. The molecule has 1 aromatic carbocycles. The van der Waals surface area contributed by atoms with Gasteiger partial charge in [0.2, 0.25) is 12.5 Å². The van der Waals surface area contributed by atoms with Gasteiger partial charge in [-0.3, -0.25) is 9.69 Å². The van der Waals surface area contributed by atoms with Gasteiger partial charge in [0.05, 0.1) is 14.2 Å². The standard InChI is InChI=1S/C20H23NO5/c1-21-7-6-19-10-15(23-2)13(22)9-20(19,21)5-4-12-8-14-17(26-11-25-14)18(24-3)16(12)19/h8,10H,4-7,9,11H2,1-3H3. The van der Waals surface area contributed by atoms with E-state index in [1.54, 1.807) is 14.2 Å². The van der Waals surface area contributed by atoms with Crippen molar-refractivity contribution in [2.45, 2.75) is 36.6 Å². The minimum absolute atomic E-state index is 0.0834. The number of likely N-dealkylation sites (tertiary alicyclic amines) is 1. The van der Waals surface area contributed by atoms with Gasteiger partial charge in [-0.15, -0.1) is 0 Å². The van der Waals surface area contributed by atoms with E-state index in [1.165, 1.54) is 5.56 Å². The molecule has 0 bridgehead atoms. The molecule has 0 aromatic heterocycles. The van der Waals surface area contributed by atoms with Crippen molar-refractivity contribution in [3.05, 3.63) is 29.0 Å². The van der Waals surface area contributed by atoms with E-state index in [2.05, 4.69) is 24.1 Å². The molecular weight excluding hydrogens is 334 g/mol. The first kappa shape index (κ1) is 16.0. The Morgan fingerprint density at radius 3 is 2.81 bits per heavy atom. The van der Waals surface area contributed by atoms with E-state index in [9.17, 15) is 4.79 Å². The van der Waals surface area contributed by atoms with Crippen molar-refractivity contribution in [2.24, 2.45) is 0 Å². The topological polar surface area (TPSA) is 57.2 Å². The predicted molar refractivity (Wildman–Crippen MR) is 93.8 cm³/mol. The molecule has 26 heavy (non-hydrogen) atoms. The van der Waals surface area contributed by atoms with Gasteiger partial charge in [0, 0.05) is 22.9 Å².